The lowest BCUT2D eigenvalue weighted by atomic mass is 9.90. The van der Waals surface area contributed by atoms with E-state index in [1.165, 1.54) is 32.4 Å². The Kier molecular flexibility index (Phi) is 3.96. The molecule has 1 saturated heterocycles. The van der Waals surface area contributed by atoms with Crippen LogP contribution in [-0.4, -0.2) is 30.1 Å². The van der Waals surface area contributed by atoms with Gasteiger partial charge in [-0.15, -0.1) is 0 Å². The summed E-state index contributed by atoms with van der Waals surface area (Å²) in [6, 6.07) is 0.967. The van der Waals surface area contributed by atoms with E-state index >= 15 is 0 Å². The molecule has 1 heterocycles. The zero-order valence-corrected chi connectivity index (χ0v) is 10.2. The molecule has 2 N–H and O–H groups in total. The first-order chi connectivity index (χ1) is 6.40. The smallest absolute Gasteiger partial charge is 0.0218 e. The molecule has 14 heavy (non-hydrogen) atoms. The summed E-state index contributed by atoms with van der Waals surface area (Å²) in [5.74, 6) is 0. The Balaban J connectivity index is 2.36. The Hall–Kier alpha value is -0.0800. The molecule has 0 aromatic carbocycles. The molecule has 1 fully saturated rings. The zero-order valence-electron chi connectivity index (χ0n) is 10.2. The van der Waals surface area contributed by atoms with E-state index < -0.39 is 0 Å². The molecule has 0 amide bonds. The third-order valence-electron chi connectivity index (χ3n) is 3.33. The second kappa shape index (κ2) is 4.63. The normalized spacial score (nSPS) is 30.6. The number of nitrogens with zero attached hydrogens (tertiary/aromatic N) is 1. The van der Waals surface area contributed by atoms with Crippen LogP contribution in [0.4, 0.5) is 0 Å². The molecule has 0 saturated carbocycles. The number of hydrogen-bond donors (Lipinski definition) is 1. The van der Waals surface area contributed by atoms with Crippen LogP contribution in [0.2, 0.25) is 0 Å². The summed E-state index contributed by atoms with van der Waals surface area (Å²) in [6.07, 6.45) is 3.74. The van der Waals surface area contributed by atoms with Crippen LogP contribution in [0.15, 0.2) is 0 Å². The van der Waals surface area contributed by atoms with Crippen LogP contribution in [0.5, 0.6) is 0 Å². The van der Waals surface area contributed by atoms with Gasteiger partial charge in [0.25, 0.3) is 0 Å². The Labute approximate surface area is 88.8 Å². The van der Waals surface area contributed by atoms with Crippen molar-refractivity contribution >= 4 is 0 Å². The van der Waals surface area contributed by atoms with E-state index in [0.717, 1.165) is 0 Å². The molecule has 1 rings (SSSR count). The van der Waals surface area contributed by atoms with Crippen molar-refractivity contribution in [1.29, 1.82) is 0 Å². The van der Waals surface area contributed by atoms with Crippen LogP contribution in [0, 0.1) is 5.41 Å². The molecular formula is C12H26N2. The molecule has 0 spiro atoms. The molecule has 0 aromatic heterocycles. The molecule has 0 radical (unpaired) electrons. The van der Waals surface area contributed by atoms with Crippen molar-refractivity contribution in [1.82, 2.24) is 4.90 Å². The highest BCUT2D eigenvalue weighted by atomic mass is 15.2. The van der Waals surface area contributed by atoms with Gasteiger partial charge in [-0.25, -0.2) is 0 Å². The lowest BCUT2D eigenvalue weighted by Crippen LogP contribution is -2.50. The number of nitrogens with two attached hydrogens (primary N) is 1. The maximum Gasteiger partial charge on any atom is 0.0218 e. The van der Waals surface area contributed by atoms with Gasteiger partial charge in [-0.3, -0.25) is 4.90 Å². The van der Waals surface area contributed by atoms with Crippen molar-refractivity contribution < 1.29 is 0 Å². The summed E-state index contributed by atoms with van der Waals surface area (Å²) in [7, 11) is 0. The topological polar surface area (TPSA) is 29.3 Å². The predicted octanol–water partition coefficient (Wildman–Crippen LogP) is 2.23. The van der Waals surface area contributed by atoms with Crippen molar-refractivity contribution in [2.24, 2.45) is 11.1 Å². The van der Waals surface area contributed by atoms with E-state index in [-0.39, 0.29) is 0 Å². The molecule has 0 bridgehead atoms. The van der Waals surface area contributed by atoms with Crippen molar-refractivity contribution in [3.05, 3.63) is 0 Å². The monoisotopic (exact) mass is 198 g/mol. The van der Waals surface area contributed by atoms with Gasteiger partial charge < -0.3 is 5.73 Å². The van der Waals surface area contributed by atoms with Crippen LogP contribution in [0.25, 0.3) is 0 Å². The molecule has 0 aliphatic carbocycles. The zero-order chi connectivity index (χ0) is 10.8. The van der Waals surface area contributed by atoms with Gasteiger partial charge in [-0.2, -0.15) is 0 Å². The third kappa shape index (κ3) is 3.58. The van der Waals surface area contributed by atoms with E-state index in [9.17, 15) is 0 Å². The number of likely N-dealkylation sites (tertiary alicyclic amines) is 1. The first-order valence-corrected chi connectivity index (χ1v) is 5.90. The summed E-state index contributed by atoms with van der Waals surface area (Å²) >= 11 is 0. The molecule has 1 aliphatic rings. The molecular weight excluding hydrogens is 172 g/mol. The predicted molar refractivity (Wildman–Crippen MR) is 62.3 cm³/mol. The summed E-state index contributed by atoms with van der Waals surface area (Å²) in [5.41, 5.74) is 6.51. The summed E-state index contributed by atoms with van der Waals surface area (Å²) in [5, 5.41) is 0. The van der Waals surface area contributed by atoms with Crippen molar-refractivity contribution in [2.75, 3.05) is 13.1 Å². The largest absolute Gasteiger partial charge is 0.326 e. The van der Waals surface area contributed by atoms with Crippen LogP contribution in [0.1, 0.15) is 47.0 Å². The number of hydrogen-bond acceptors (Lipinski definition) is 2. The van der Waals surface area contributed by atoms with Gasteiger partial charge >= 0.3 is 0 Å². The van der Waals surface area contributed by atoms with E-state index in [4.69, 9.17) is 5.73 Å². The fourth-order valence-electron chi connectivity index (χ4n) is 2.04. The van der Waals surface area contributed by atoms with Gasteiger partial charge in [0.1, 0.15) is 0 Å². The van der Waals surface area contributed by atoms with E-state index in [2.05, 4.69) is 32.6 Å². The lowest BCUT2D eigenvalue weighted by molar-refractivity contribution is 0.124. The van der Waals surface area contributed by atoms with Crippen molar-refractivity contribution in [3.63, 3.8) is 0 Å². The van der Waals surface area contributed by atoms with Crippen LogP contribution in [-0.2, 0) is 0 Å². The average molecular weight is 198 g/mol. The molecule has 2 nitrogen and oxygen atoms in total. The maximum absolute atomic E-state index is 6.07. The first kappa shape index (κ1) is 12.0. The SMILES string of the molecule is C[C@@H]1[C@H](N)CCCN1CCC(C)(C)C. The fraction of sp³-hybridized carbons (Fsp3) is 1.00. The standard InChI is InChI=1S/C12H26N2/c1-10-11(13)6-5-8-14(10)9-7-12(2,3)4/h10-11H,5-9,13H2,1-4H3/t10-,11-/m1/s1. The Morgan fingerprint density at radius 3 is 2.57 bits per heavy atom. The molecule has 0 aromatic rings. The quantitative estimate of drug-likeness (QED) is 0.737. The fourth-order valence-corrected chi connectivity index (χ4v) is 2.04. The van der Waals surface area contributed by atoms with Crippen molar-refractivity contribution in [2.45, 2.75) is 59.0 Å². The number of rotatable bonds is 2. The number of piperidine rings is 1. The second-order valence-corrected chi connectivity index (χ2v) is 5.89. The van der Waals surface area contributed by atoms with Crippen molar-refractivity contribution in [3.8, 4) is 0 Å². The molecule has 1 aliphatic heterocycles. The van der Waals surface area contributed by atoms with Gasteiger partial charge in [-0.1, -0.05) is 20.8 Å². The van der Waals surface area contributed by atoms with E-state index in [0.29, 0.717) is 17.5 Å². The van der Waals surface area contributed by atoms with Gasteiger partial charge in [0.2, 0.25) is 0 Å². The minimum Gasteiger partial charge on any atom is -0.326 e. The van der Waals surface area contributed by atoms with Crippen LogP contribution >= 0.6 is 0 Å². The van der Waals surface area contributed by atoms with Gasteiger partial charge in [0, 0.05) is 12.1 Å². The van der Waals surface area contributed by atoms with Gasteiger partial charge in [-0.05, 0) is 44.7 Å². The minimum absolute atomic E-state index is 0.392. The third-order valence-corrected chi connectivity index (χ3v) is 3.33. The van der Waals surface area contributed by atoms with Crippen LogP contribution in [0.3, 0.4) is 0 Å². The lowest BCUT2D eigenvalue weighted by Gasteiger charge is -2.38. The highest BCUT2D eigenvalue weighted by molar-refractivity contribution is 4.84. The molecule has 2 heteroatoms. The molecule has 84 valence electrons. The minimum atomic E-state index is 0.392. The summed E-state index contributed by atoms with van der Waals surface area (Å²) in [6.45, 7) is 11.6. The molecule has 2 atom stereocenters. The van der Waals surface area contributed by atoms with E-state index in [1.807, 2.05) is 0 Å². The molecule has 0 unspecified atom stereocenters. The summed E-state index contributed by atoms with van der Waals surface area (Å²) < 4.78 is 0. The Bertz CT molecular complexity index is 172. The second-order valence-electron chi connectivity index (χ2n) is 5.89. The average Bonchev–Trinajstić information content (AvgIpc) is 2.06. The summed E-state index contributed by atoms with van der Waals surface area (Å²) in [4.78, 5) is 2.55. The van der Waals surface area contributed by atoms with E-state index in [1.54, 1.807) is 0 Å². The Morgan fingerprint density at radius 2 is 2.00 bits per heavy atom. The van der Waals surface area contributed by atoms with Crippen LogP contribution < -0.4 is 5.73 Å². The first-order valence-electron chi connectivity index (χ1n) is 5.90. The highest BCUT2D eigenvalue weighted by Gasteiger charge is 2.25. The highest BCUT2D eigenvalue weighted by Crippen LogP contribution is 2.22. The Morgan fingerprint density at radius 1 is 1.36 bits per heavy atom. The maximum atomic E-state index is 6.07. The van der Waals surface area contributed by atoms with Gasteiger partial charge in [0.05, 0.1) is 0 Å². The van der Waals surface area contributed by atoms with Gasteiger partial charge in [0.15, 0.2) is 0 Å².